The van der Waals surface area contributed by atoms with Gasteiger partial charge in [0.15, 0.2) is 0 Å². The van der Waals surface area contributed by atoms with Gasteiger partial charge in [0.25, 0.3) is 0 Å². The van der Waals surface area contributed by atoms with Gasteiger partial charge in [0.1, 0.15) is 5.69 Å². The smallest absolute Gasteiger partial charge is 0.385 e. The van der Waals surface area contributed by atoms with Gasteiger partial charge in [0.05, 0.1) is 5.52 Å². The average Bonchev–Trinajstić information content (AvgIpc) is 2.37. The quantitative estimate of drug-likeness (QED) is 0.900. The van der Waals surface area contributed by atoms with Crippen molar-refractivity contribution in [3.05, 3.63) is 35.5 Å². The Bertz CT molecular complexity index is 591. The molecule has 0 unspecified atom stereocenters. The molecule has 1 aromatic heterocycles. The highest BCUT2D eigenvalue weighted by molar-refractivity contribution is 5.93. The lowest BCUT2D eigenvalue weighted by molar-refractivity contribution is -0.140. The van der Waals surface area contributed by atoms with Crippen LogP contribution in [0.1, 0.15) is 25.1 Å². The molecule has 0 aliphatic carbocycles. The van der Waals surface area contributed by atoms with Gasteiger partial charge >= 0.3 is 6.18 Å². The van der Waals surface area contributed by atoms with Crippen molar-refractivity contribution in [3.8, 4) is 0 Å². The number of hydrogen-bond donors (Lipinski definition) is 1. The van der Waals surface area contributed by atoms with Crippen LogP contribution in [0.25, 0.3) is 10.9 Å². The van der Waals surface area contributed by atoms with E-state index in [1.807, 2.05) is 26.0 Å². The van der Waals surface area contributed by atoms with E-state index in [1.54, 1.807) is 6.07 Å². The molecule has 1 aromatic carbocycles. The minimum atomic E-state index is -4.43. The Labute approximate surface area is 109 Å². The number of halogens is 3. The molecule has 0 saturated carbocycles. The summed E-state index contributed by atoms with van der Waals surface area (Å²) in [5, 5.41) is 3.71. The number of anilines is 1. The van der Waals surface area contributed by atoms with Crippen LogP contribution in [-0.2, 0) is 12.6 Å². The molecule has 1 N–H and O–H groups in total. The molecule has 19 heavy (non-hydrogen) atoms. The molecule has 2 nitrogen and oxygen atoms in total. The summed E-state index contributed by atoms with van der Waals surface area (Å²) in [7, 11) is 0. The number of pyridine rings is 1. The minimum Gasteiger partial charge on any atom is -0.385 e. The van der Waals surface area contributed by atoms with E-state index in [9.17, 15) is 13.2 Å². The van der Waals surface area contributed by atoms with Gasteiger partial charge in [-0.15, -0.1) is 0 Å². The number of rotatable bonds is 3. The summed E-state index contributed by atoms with van der Waals surface area (Å²) in [6.45, 7) is 4.32. The molecular weight excluding hydrogens is 253 g/mol. The first-order valence-corrected chi connectivity index (χ1v) is 6.21. The first-order valence-electron chi connectivity index (χ1n) is 6.21. The third-order valence-electron chi connectivity index (χ3n) is 2.96. The Morgan fingerprint density at radius 2 is 1.95 bits per heavy atom. The van der Waals surface area contributed by atoms with Crippen molar-refractivity contribution in [3.63, 3.8) is 0 Å². The molecule has 2 rings (SSSR count). The third kappa shape index (κ3) is 2.64. The molecule has 102 valence electrons. The number of aryl methyl sites for hydroxylation is 1. The van der Waals surface area contributed by atoms with Crippen molar-refractivity contribution in [2.75, 3.05) is 11.9 Å². The number of nitrogens with one attached hydrogen (secondary N) is 1. The SMILES string of the molecule is CCNc1cc(C(F)(F)F)nc2c(CC)cccc12. The van der Waals surface area contributed by atoms with E-state index in [-0.39, 0.29) is 0 Å². The van der Waals surface area contributed by atoms with Crippen LogP contribution in [0.15, 0.2) is 24.3 Å². The molecule has 1 heterocycles. The van der Waals surface area contributed by atoms with Crippen molar-refractivity contribution < 1.29 is 13.2 Å². The van der Waals surface area contributed by atoms with Crippen LogP contribution in [0.4, 0.5) is 18.9 Å². The molecular formula is C14H15F3N2. The Morgan fingerprint density at radius 1 is 1.21 bits per heavy atom. The Hall–Kier alpha value is -1.78. The number of nitrogens with zero attached hydrogens (tertiary/aromatic N) is 1. The Kier molecular flexibility index (Phi) is 3.64. The molecule has 5 heteroatoms. The monoisotopic (exact) mass is 268 g/mol. The summed E-state index contributed by atoms with van der Waals surface area (Å²) >= 11 is 0. The first kappa shape index (κ1) is 13.6. The van der Waals surface area contributed by atoms with Crippen molar-refractivity contribution in [1.29, 1.82) is 0 Å². The van der Waals surface area contributed by atoms with Crippen molar-refractivity contribution in [1.82, 2.24) is 4.98 Å². The second-order valence-corrected chi connectivity index (χ2v) is 4.25. The summed E-state index contributed by atoms with van der Waals surface area (Å²) in [5.74, 6) is 0. The van der Waals surface area contributed by atoms with Crippen LogP contribution in [0.2, 0.25) is 0 Å². The van der Waals surface area contributed by atoms with E-state index in [2.05, 4.69) is 10.3 Å². The van der Waals surface area contributed by atoms with Crippen LogP contribution >= 0.6 is 0 Å². The maximum absolute atomic E-state index is 12.9. The molecule has 0 amide bonds. The molecule has 0 bridgehead atoms. The van der Waals surface area contributed by atoms with Crippen LogP contribution in [0.5, 0.6) is 0 Å². The van der Waals surface area contributed by atoms with E-state index < -0.39 is 11.9 Å². The molecule has 2 aromatic rings. The van der Waals surface area contributed by atoms with Gasteiger partial charge in [-0.2, -0.15) is 13.2 Å². The largest absolute Gasteiger partial charge is 0.433 e. The molecule has 0 spiro atoms. The van der Waals surface area contributed by atoms with E-state index in [4.69, 9.17) is 0 Å². The molecule has 0 saturated heterocycles. The second kappa shape index (κ2) is 5.07. The summed E-state index contributed by atoms with van der Waals surface area (Å²) in [5.41, 5.74) is 0.880. The number of aromatic nitrogens is 1. The maximum atomic E-state index is 12.9. The van der Waals surface area contributed by atoms with Crippen molar-refractivity contribution in [2.24, 2.45) is 0 Å². The van der Waals surface area contributed by atoms with Gasteiger partial charge < -0.3 is 5.32 Å². The summed E-state index contributed by atoms with van der Waals surface area (Å²) < 4.78 is 38.6. The third-order valence-corrected chi connectivity index (χ3v) is 2.96. The maximum Gasteiger partial charge on any atom is 0.433 e. The molecule has 0 fully saturated rings. The van der Waals surface area contributed by atoms with Crippen LogP contribution in [0, 0.1) is 0 Å². The van der Waals surface area contributed by atoms with E-state index in [1.165, 1.54) is 0 Å². The van der Waals surface area contributed by atoms with E-state index >= 15 is 0 Å². The Morgan fingerprint density at radius 3 is 2.53 bits per heavy atom. The standard InChI is InChI=1S/C14H15F3N2/c1-3-9-6-5-7-10-11(18-4-2)8-12(14(15,16)17)19-13(9)10/h5-8H,3-4H2,1-2H3,(H,18,19). The predicted molar refractivity (Wildman–Crippen MR) is 70.3 cm³/mol. The van der Waals surface area contributed by atoms with Gasteiger partial charge in [-0.1, -0.05) is 25.1 Å². The fourth-order valence-corrected chi connectivity index (χ4v) is 2.08. The molecule has 0 atom stereocenters. The van der Waals surface area contributed by atoms with Crippen LogP contribution in [-0.4, -0.2) is 11.5 Å². The normalized spacial score (nSPS) is 11.8. The second-order valence-electron chi connectivity index (χ2n) is 4.25. The highest BCUT2D eigenvalue weighted by atomic mass is 19.4. The van der Waals surface area contributed by atoms with Gasteiger partial charge in [0.2, 0.25) is 0 Å². The van der Waals surface area contributed by atoms with Gasteiger partial charge in [-0.05, 0) is 25.0 Å². The minimum absolute atomic E-state index is 0.427. The summed E-state index contributed by atoms with van der Waals surface area (Å²) in [4.78, 5) is 3.80. The molecule has 0 aliphatic rings. The number of benzene rings is 1. The lowest BCUT2D eigenvalue weighted by Gasteiger charge is -2.14. The number of para-hydroxylation sites is 1. The van der Waals surface area contributed by atoms with Crippen molar-refractivity contribution >= 4 is 16.6 Å². The number of hydrogen-bond acceptors (Lipinski definition) is 2. The zero-order chi connectivity index (χ0) is 14.0. The zero-order valence-electron chi connectivity index (χ0n) is 10.8. The topological polar surface area (TPSA) is 24.9 Å². The van der Waals surface area contributed by atoms with E-state index in [0.29, 0.717) is 24.2 Å². The van der Waals surface area contributed by atoms with E-state index in [0.717, 1.165) is 17.0 Å². The van der Waals surface area contributed by atoms with Crippen LogP contribution in [0.3, 0.4) is 0 Å². The van der Waals surface area contributed by atoms with Gasteiger partial charge in [-0.25, -0.2) is 4.98 Å². The lowest BCUT2D eigenvalue weighted by atomic mass is 10.1. The summed E-state index contributed by atoms with van der Waals surface area (Å²) in [6, 6.07) is 6.52. The number of fused-ring (bicyclic) bond motifs is 1. The van der Waals surface area contributed by atoms with Gasteiger partial charge in [0, 0.05) is 17.6 Å². The fourth-order valence-electron chi connectivity index (χ4n) is 2.08. The van der Waals surface area contributed by atoms with Gasteiger partial charge in [-0.3, -0.25) is 0 Å². The first-order chi connectivity index (χ1) is 8.97. The number of alkyl halides is 3. The lowest BCUT2D eigenvalue weighted by Crippen LogP contribution is -2.10. The fraction of sp³-hybridized carbons (Fsp3) is 0.357. The summed E-state index contributed by atoms with van der Waals surface area (Å²) in [6.07, 6.45) is -3.78. The van der Waals surface area contributed by atoms with Crippen molar-refractivity contribution in [2.45, 2.75) is 26.4 Å². The van der Waals surface area contributed by atoms with Crippen LogP contribution < -0.4 is 5.32 Å². The predicted octanol–water partition coefficient (Wildman–Crippen LogP) is 4.25. The zero-order valence-corrected chi connectivity index (χ0v) is 10.8. The molecule has 0 aliphatic heterocycles. The Balaban J connectivity index is 2.76. The highest BCUT2D eigenvalue weighted by Gasteiger charge is 2.33. The highest BCUT2D eigenvalue weighted by Crippen LogP contribution is 2.34. The molecule has 0 radical (unpaired) electrons. The average molecular weight is 268 g/mol.